The molecule has 1 heterocycles. The zero-order valence-corrected chi connectivity index (χ0v) is 15.2. The molecule has 6 nitrogen and oxygen atoms in total. The van der Waals surface area contributed by atoms with Gasteiger partial charge in [-0.25, -0.2) is 4.98 Å². The first-order valence-electron chi connectivity index (χ1n) is 8.03. The van der Waals surface area contributed by atoms with Crippen LogP contribution < -0.4 is 19.5 Å². The number of nitrogens with one attached hydrogen (secondary N) is 1. The molecule has 0 radical (unpaired) electrons. The average Bonchev–Trinajstić information content (AvgIpc) is 2.62. The molecule has 1 atom stereocenters. The Labute approximate surface area is 148 Å². The molecule has 1 aromatic heterocycles. The second-order valence-electron chi connectivity index (χ2n) is 5.91. The molecule has 1 amide bonds. The summed E-state index contributed by atoms with van der Waals surface area (Å²) in [5, 5.41) is 2.91. The van der Waals surface area contributed by atoms with E-state index >= 15 is 0 Å². The third kappa shape index (κ3) is 4.41. The molecule has 1 unspecified atom stereocenters. The molecule has 134 valence electrons. The Bertz CT molecular complexity index is 714. The van der Waals surface area contributed by atoms with Gasteiger partial charge in [0, 0.05) is 6.07 Å². The van der Waals surface area contributed by atoms with Crippen LogP contribution in [0.2, 0.25) is 0 Å². The van der Waals surface area contributed by atoms with E-state index in [-0.39, 0.29) is 17.7 Å². The van der Waals surface area contributed by atoms with E-state index in [2.05, 4.69) is 10.3 Å². The summed E-state index contributed by atoms with van der Waals surface area (Å²) in [6, 6.07) is 9.01. The number of anilines is 1. The lowest BCUT2D eigenvalue weighted by atomic mass is 9.87. The summed E-state index contributed by atoms with van der Waals surface area (Å²) in [6.07, 6.45) is 1.57. The van der Waals surface area contributed by atoms with Crippen molar-refractivity contribution in [3.63, 3.8) is 0 Å². The van der Waals surface area contributed by atoms with Gasteiger partial charge in [0.05, 0.1) is 39.1 Å². The monoisotopic (exact) mass is 344 g/mol. The van der Waals surface area contributed by atoms with E-state index in [9.17, 15) is 4.79 Å². The molecule has 25 heavy (non-hydrogen) atoms. The fourth-order valence-corrected chi connectivity index (χ4v) is 2.68. The largest absolute Gasteiger partial charge is 0.493 e. The molecule has 0 aliphatic rings. The molecule has 1 aromatic carbocycles. The maximum atomic E-state index is 12.8. The third-order valence-electron chi connectivity index (χ3n) is 3.93. The molecular formula is C19H24N2O4. The van der Waals surface area contributed by atoms with Crippen molar-refractivity contribution >= 4 is 11.6 Å². The number of aromatic nitrogens is 1. The Morgan fingerprint density at radius 1 is 1.00 bits per heavy atom. The van der Waals surface area contributed by atoms with Gasteiger partial charge in [-0.2, -0.15) is 0 Å². The third-order valence-corrected chi connectivity index (χ3v) is 3.93. The highest BCUT2D eigenvalue weighted by molar-refractivity contribution is 5.96. The molecule has 0 saturated carbocycles. The molecule has 0 spiro atoms. The molecule has 6 heteroatoms. The van der Waals surface area contributed by atoms with E-state index in [0.717, 1.165) is 5.56 Å². The first-order chi connectivity index (χ1) is 12.0. The van der Waals surface area contributed by atoms with Gasteiger partial charge in [0.25, 0.3) is 0 Å². The Balaban J connectivity index is 2.25. The molecule has 0 fully saturated rings. The minimum atomic E-state index is -0.332. The van der Waals surface area contributed by atoms with Crippen molar-refractivity contribution in [2.75, 3.05) is 26.6 Å². The average molecular weight is 344 g/mol. The standard InChI is InChI=1S/C19H24N2O4/c1-12(2)18(13-6-8-15(23-3)16(10-13)24-4)19(22)21-14-7-9-17(25-5)20-11-14/h6-12,18H,1-5H3,(H,21,22). The zero-order chi connectivity index (χ0) is 18.4. The van der Waals surface area contributed by atoms with Gasteiger partial charge in [0.15, 0.2) is 11.5 Å². The van der Waals surface area contributed by atoms with Crippen molar-refractivity contribution in [1.29, 1.82) is 0 Å². The minimum absolute atomic E-state index is 0.101. The molecule has 2 aromatic rings. The van der Waals surface area contributed by atoms with Gasteiger partial charge >= 0.3 is 0 Å². The highest BCUT2D eigenvalue weighted by atomic mass is 16.5. The topological polar surface area (TPSA) is 69.7 Å². The van der Waals surface area contributed by atoms with Crippen LogP contribution in [0.15, 0.2) is 36.5 Å². The van der Waals surface area contributed by atoms with Crippen molar-refractivity contribution in [2.24, 2.45) is 5.92 Å². The minimum Gasteiger partial charge on any atom is -0.493 e. The van der Waals surface area contributed by atoms with Crippen molar-refractivity contribution in [1.82, 2.24) is 4.98 Å². The van der Waals surface area contributed by atoms with E-state index in [0.29, 0.717) is 23.1 Å². The van der Waals surface area contributed by atoms with Gasteiger partial charge in [-0.1, -0.05) is 19.9 Å². The van der Waals surface area contributed by atoms with Crippen LogP contribution in [0, 0.1) is 5.92 Å². The molecule has 0 bridgehead atoms. The molecule has 0 aliphatic heterocycles. The Morgan fingerprint density at radius 3 is 2.24 bits per heavy atom. The number of methoxy groups -OCH3 is 3. The number of hydrogen-bond acceptors (Lipinski definition) is 5. The maximum absolute atomic E-state index is 12.8. The molecule has 1 N–H and O–H groups in total. The summed E-state index contributed by atoms with van der Waals surface area (Å²) in [5.41, 5.74) is 1.49. The maximum Gasteiger partial charge on any atom is 0.232 e. The smallest absolute Gasteiger partial charge is 0.232 e. The van der Waals surface area contributed by atoms with E-state index in [4.69, 9.17) is 14.2 Å². The van der Waals surface area contributed by atoms with E-state index in [1.54, 1.807) is 39.7 Å². The van der Waals surface area contributed by atoms with Crippen molar-refractivity contribution in [3.05, 3.63) is 42.1 Å². The summed E-state index contributed by atoms with van der Waals surface area (Å²) in [7, 11) is 4.71. The Morgan fingerprint density at radius 2 is 1.72 bits per heavy atom. The van der Waals surface area contributed by atoms with Crippen molar-refractivity contribution in [3.8, 4) is 17.4 Å². The van der Waals surface area contributed by atoms with Gasteiger partial charge in [0.2, 0.25) is 11.8 Å². The van der Waals surface area contributed by atoms with Crippen LogP contribution in [0.1, 0.15) is 25.3 Å². The van der Waals surface area contributed by atoms with E-state index < -0.39 is 0 Å². The van der Waals surface area contributed by atoms with Crippen LogP contribution in [0.4, 0.5) is 5.69 Å². The van der Waals surface area contributed by atoms with Gasteiger partial charge < -0.3 is 19.5 Å². The highest BCUT2D eigenvalue weighted by Crippen LogP contribution is 2.34. The second-order valence-corrected chi connectivity index (χ2v) is 5.91. The van der Waals surface area contributed by atoms with Crippen molar-refractivity contribution in [2.45, 2.75) is 19.8 Å². The lowest BCUT2D eigenvalue weighted by Gasteiger charge is -2.22. The molecule has 2 rings (SSSR count). The van der Waals surface area contributed by atoms with Gasteiger partial charge in [-0.05, 0) is 29.7 Å². The number of hydrogen-bond donors (Lipinski definition) is 1. The SMILES string of the molecule is COc1ccc(NC(=O)C(c2ccc(OC)c(OC)c2)C(C)C)cn1. The number of ether oxygens (including phenoxy) is 3. The lowest BCUT2D eigenvalue weighted by Crippen LogP contribution is -2.25. The van der Waals surface area contributed by atoms with Crippen LogP contribution in [0.5, 0.6) is 17.4 Å². The number of amides is 1. The second kappa shape index (κ2) is 8.37. The van der Waals surface area contributed by atoms with Crippen LogP contribution in [-0.2, 0) is 4.79 Å². The fraction of sp³-hybridized carbons (Fsp3) is 0.368. The predicted molar refractivity (Wildman–Crippen MR) is 96.5 cm³/mol. The first kappa shape index (κ1) is 18.6. The van der Waals surface area contributed by atoms with Crippen LogP contribution in [-0.4, -0.2) is 32.2 Å². The van der Waals surface area contributed by atoms with E-state index in [1.807, 2.05) is 32.0 Å². The van der Waals surface area contributed by atoms with Gasteiger partial charge in [0.1, 0.15) is 0 Å². The molecular weight excluding hydrogens is 320 g/mol. The summed E-state index contributed by atoms with van der Waals surface area (Å²) in [4.78, 5) is 16.9. The first-order valence-corrected chi connectivity index (χ1v) is 8.03. The normalized spacial score (nSPS) is 11.8. The highest BCUT2D eigenvalue weighted by Gasteiger charge is 2.25. The fourth-order valence-electron chi connectivity index (χ4n) is 2.68. The zero-order valence-electron chi connectivity index (χ0n) is 15.2. The summed E-state index contributed by atoms with van der Waals surface area (Å²) in [6.45, 7) is 4.01. The number of benzene rings is 1. The van der Waals surface area contributed by atoms with Crippen LogP contribution in [0.25, 0.3) is 0 Å². The number of pyridine rings is 1. The lowest BCUT2D eigenvalue weighted by molar-refractivity contribution is -0.118. The van der Waals surface area contributed by atoms with E-state index in [1.165, 1.54) is 0 Å². The Hall–Kier alpha value is -2.76. The van der Waals surface area contributed by atoms with Crippen molar-refractivity contribution < 1.29 is 19.0 Å². The number of carbonyl (C=O) groups excluding carboxylic acids is 1. The number of rotatable bonds is 7. The Kier molecular flexibility index (Phi) is 6.22. The van der Waals surface area contributed by atoms with Gasteiger partial charge in [-0.15, -0.1) is 0 Å². The van der Waals surface area contributed by atoms with Crippen LogP contribution in [0.3, 0.4) is 0 Å². The summed E-state index contributed by atoms with van der Waals surface area (Å²) in [5.74, 6) is 1.40. The van der Waals surface area contributed by atoms with Gasteiger partial charge in [-0.3, -0.25) is 4.79 Å². The molecule has 0 aliphatic carbocycles. The predicted octanol–water partition coefficient (Wildman–Crippen LogP) is 3.49. The number of nitrogens with zero attached hydrogens (tertiary/aromatic N) is 1. The quantitative estimate of drug-likeness (QED) is 0.833. The summed E-state index contributed by atoms with van der Waals surface area (Å²) >= 11 is 0. The van der Waals surface area contributed by atoms with Crippen LogP contribution >= 0.6 is 0 Å². The molecule has 0 saturated heterocycles. The number of carbonyl (C=O) groups is 1. The summed E-state index contributed by atoms with van der Waals surface area (Å²) < 4.78 is 15.6.